The third-order valence-corrected chi connectivity index (χ3v) is 9.50. The molecule has 4 heterocycles. The zero-order valence-electron chi connectivity index (χ0n) is 24.6. The van der Waals surface area contributed by atoms with Crippen LogP contribution in [0.3, 0.4) is 0 Å². The van der Waals surface area contributed by atoms with Crippen molar-refractivity contribution in [1.29, 1.82) is 0 Å². The molecule has 4 unspecified atom stereocenters. The van der Waals surface area contributed by atoms with Gasteiger partial charge in [-0.2, -0.15) is 9.97 Å². The Morgan fingerprint density at radius 3 is 2.80 bits per heavy atom. The van der Waals surface area contributed by atoms with E-state index in [1.807, 2.05) is 11.8 Å². The molecular formula is C33H36F3N5O3. The van der Waals surface area contributed by atoms with Gasteiger partial charge in [-0.15, -0.1) is 0 Å². The van der Waals surface area contributed by atoms with E-state index in [0.29, 0.717) is 65.8 Å². The Morgan fingerprint density at radius 1 is 1.14 bits per heavy atom. The number of phenols is 1. The largest absolute Gasteiger partial charge is 0.508 e. The predicted molar refractivity (Wildman–Crippen MR) is 162 cm³/mol. The van der Waals surface area contributed by atoms with Crippen molar-refractivity contribution in [2.75, 3.05) is 31.1 Å². The highest BCUT2D eigenvalue weighted by Crippen LogP contribution is 2.44. The first-order chi connectivity index (χ1) is 21.3. The summed E-state index contributed by atoms with van der Waals surface area (Å²) in [6, 6.07) is 5.61. The number of alkyl halides is 1. The van der Waals surface area contributed by atoms with Gasteiger partial charge >= 0.3 is 6.01 Å². The third-order valence-electron chi connectivity index (χ3n) is 9.50. The van der Waals surface area contributed by atoms with Gasteiger partial charge in [0.15, 0.2) is 5.82 Å². The normalized spacial score (nSPS) is 25.5. The molecule has 4 aromatic rings. The fourth-order valence-electron chi connectivity index (χ4n) is 7.44. The Morgan fingerprint density at radius 2 is 2.00 bits per heavy atom. The molecule has 2 aliphatic heterocycles. The molecule has 3 fully saturated rings. The van der Waals surface area contributed by atoms with Gasteiger partial charge < -0.3 is 25.2 Å². The second-order valence-corrected chi connectivity index (χ2v) is 12.5. The summed E-state index contributed by atoms with van der Waals surface area (Å²) in [4.78, 5) is 15.7. The number of aliphatic hydroxyl groups is 1. The average Bonchev–Trinajstić information content (AvgIpc) is 3.58. The molecule has 1 saturated carbocycles. The number of aryl methyl sites for hydroxylation is 1. The molecule has 7 rings (SSSR count). The number of rotatable bonds is 6. The molecule has 0 radical (unpaired) electrons. The first-order valence-corrected chi connectivity index (χ1v) is 15.5. The second kappa shape index (κ2) is 11.7. The number of pyridine rings is 1. The predicted octanol–water partition coefficient (Wildman–Crippen LogP) is 5.46. The lowest BCUT2D eigenvalue weighted by Gasteiger charge is -2.32. The Kier molecular flexibility index (Phi) is 7.70. The van der Waals surface area contributed by atoms with Crippen LogP contribution in [0, 0.1) is 23.5 Å². The van der Waals surface area contributed by atoms with Gasteiger partial charge in [0.05, 0.1) is 24.1 Å². The molecule has 0 spiro atoms. The fraction of sp³-hybridized carbons (Fsp3) is 0.485. The zero-order chi connectivity index (χ0) is 30.5. The lowest BCUT2D eigenvalue weighted by atomic mass is 9.94. The van der Waals surface area contributed by atoms with E-state index in [1.165, 1.54) is 24.4 Å². The number of nitrogens with zero attached hydrogens (tertiary/aromatic N) is 4. The van der Waals surface area contributed by atoms with E-state index in [-0.39, 0.29) is 47.1 Å². The number of aliphatic hydroxyl groups excluding tert-OH is 1. The van der Waals surface area contributed by atoms with Crippen LogP contribution in [0.1, 0.15) is 44.6 Å². The topological polar surface area (TPSA) is 104 Å². The SMILES string of the molecule is CCc1c(F)ccc2cc(O)cc(-c3ncc4c(N5CC6CC(O)C5C6)nc(OCC5CCCNC[C@H](F)C5)nc4c3F)c12. The molecule has 11 heteroatoms. The van der Waals surface area contributed by atoms with Gasteiger partial charge in [0.1, 0.15) is 34.8 Å². The zero-order valence-corrected chi connectivity index (χ0v) is 24.6. The quantitative estimate of drug-likeness (QED) is 0.266. The number of ether oxygens (including phenoxy) is 1. The van der Waals surface area contributed by atoms with E-state index >= 15 is 4.39 Å². The van der Waals surface area contributed by atoms with E-state index in [9.17, 15) is 19.0 Å². The minimum Gasteiger partial charge on any atom is -0.508 e. The number of benzene rings is 2. The maximum Gasteiger partial charge on any atom is 0.319 e. The maximum absolute atomic E-state index is 16.7. The maximum atomic E-state index is 16.7. The molecule has 44 heavy (non-hydrogen) atoms. The van der Waals surface area contributed by atoms with Crippen LogP contribution in [-0.2, 0) is 6.42 Å². The van der Waals surface area contributed by atoms with Gasteiger partial charge in [-0.3, -0.25) is 4.98 Å². The van der Waals surface area contributed by atoms with Crippen molar-refractivity contribution in [1.82, 2.24) is 20.3 Å². The van der Waals surface area contributed by atoms with Crippen LogP contribution >= 0.6 is 0 Å². The number of piperidine rings is 1. The van der Waals surface area contributed by atoms with Gasteiger partial charge in [0, 0.05) is 24.8 Å². The highest BCUT2D eigenvalue weighted by atomic mass is 19.1. The van der Waals surface area contributed by atoms with Crippen LogP contribution in [0.5, 0.6) is 11.8 Å². The average molecular weight is 608 g/mol. The number of nitrogens with one attached hydrogen (secondary N) is 1. The summed E-state index contributed by atoms with van der Waals surface area (Å²) in [6.07, 6.45) is 3.89. The molecule has 3 aliphatic rings. The third kappa shape index (κ3) is 5.19. The van der Waals surface area contributed by atoms with Crippen LogP contribution < -0.4 is 15.0 Å². The minimum atomic E-state index is -0.986. The summed E-state index contributed by atoms with van der Waals surface area (Å²) >= 11 is 0. The molecule has 5 atom stereocenters. The first-order valence-electron chi connectivity index (χ1n) is 15.5. The summed E-state index contributed by atoms with van der Waals surface area (Å²) < 4.78 is 52.1. The van der Waals surface area contributed by atoms with Crippen molar-refractivity contribution >= 4 is 27.5 Å². The van der Waals surface area contributed by atoms with E-state index in [1.54, 1.807) is 6.07 Å². The molecule has 2 aromatic carbocycles. The Hall–Kier alpha value is -3.70. The Labute approximate surface area is 253 Å². The number of aromatic hydroxyl groups is 1. The number of hydrogen-bond donors (Lipinski definition) is 3. The van der Waals surface area contributed by atoms with Crippen molar-refractivity contribution < 1.29 is 28.1 Å². The van der Waals surface area contributed by atoms with Crippen LogP contribution in [0.15, 0.2) is 30.5 Å². The lowest BCUT2D eigenvalue weighted by Crippen LogP contribution is -2.41. The highest BCUT2D eigenvalue weighted by Gasteiger charge is 2.45. The van der Waals surface area contributed by atoms with Crippen LogP contribution in [0.2, 0.25) is 0 Å². The van der Waals surface area contributed by atoms with Crippen LogP contribution in [-0.4, -0.2) is 69.7 Å². The van der Waals surface area contributed by atoms with Crippen LogP contribution in [0.4, 0.5) is 19.0 Å². The van der Waals surface area contributed by atoms with Crippen LogP contribution in [0.25, 0.3) is 32.9 Å². The van der Waals surface area contributed by atoms with Gasteiger partial charge in [-0.1, -0.05) is 13.0 Å². The molecule has 0 amide bonds. The summed E-state index contributed by atoms with van der Waals surface area (Å²) in [5, 5.41) is 25.7. The molecule has 232 valence electrons. The summed E-state index contributed by atoms with van der Waals surface area (Å²) in [5.74, 6) is -0.583. The molecule has 8 nitrogen and oxygen atoms in total. The van der Waals surface area contributed by atoms with Gasteiger partial charge in [0.2, 0.25) is 0 Å². The summed E-state index contributed by atoms with van der Waals surface area (Å²) in [6.45, 7) is 3.71. The molecular weight excluding hydrogens is 571 g/mol. The van der Waals surface area contributed by atoms with Crippen molar-refractivity contribution in [3.05, 3.63) is 47.7 Å². The smallest absolute Gasteiger partial charge is 0.319 e. The standard InChI is InChI=1S/C33H36F3N5O3/c1-2-22-25(35)6-5-19-11-21(42)12-23(28(19)22)30-29(36)31-24(14-38-30)32(41-15-18-9-26(41)27(43)10-18)40-33(39-31)44-16-17-4-3-7-37-13-20(34)8-17/h5-6,11-12,14,17-18,20,26-27,37,42-43H,2-4,7-10,13,15-16H2,1H3/t17?,18?,20-,26?,27?/m1/s1. The van der Waals surface area contributed by atoms with Crippen molar-refractivity contribution in [3.8, 4) is 23.0 Å². The minimum absolute atomic E-state index is 0.0246. The number of halogens is 3. The molecule has 2 aromatic heterocycles. The van der Waals surface area contributed by atoms with Crippen molar-refractivity contribution in [2.24, 2.45) is 11.8 Å². The van der Waals surface area contributed by atoms with Gasteiger partial charge in [-0.25, -0.2) is 13.2 Å². The summed E-state index contributed by atoms with van der Waals surface area (Å²) in [5.41, 5.74) is 0.550. The molecule has 3 N–H and O–H groups in total. The van der Waals surface area contributed by atoms with Gasteiger partial charge in [0.25, 0.3) is 0 Å². The number of fused-ring (bicyclic) bond motifs is 4. The van der Waals surface area contributed by atoms with E-state index < -0.39 is 23.9 Å². The Bertz CT molecular complexity index is 1720. The number of aromatic nitrogens is 3. The molecule has 2 bridgehead atoms. The number of anilines is 1. The Balaban J connectivity index is 1.35. The van der Waals surface area contributed by atoms with E-state index in [0.717, 1.165) is 25.8 Å². The van der Waals surface area contributed by atoms with E-state index in [2.05, 4.69) is 15.3 Å². The van der Waals surface area contributed by atoms with E-state index in [4.69, 9.17) is 9.72 Å². The highest BCUT2D eigenvalue weighted by molar-refractivity contribution is 6.01. The van der Waals surface area contributed by atoms with Crippen molar-refractivity contribution in [2.45, 2.75) is 63.8 Å². The summed E-state index contributed by atoms with van der Waals surface area (Å²) in [7, 11) is 0. The molecule has 1 aliphatic carbocycles. The number of hydrogen-bond acceptors (Lipinski definition) is 8. The lowest BCUT2D eigenvalue weighted by molar-refractivity contribution is 0.146. The first kappa shape index (κ1) is 29.0. The molecule has 2 saturated heterocycles. The monoisotopic (exact) mass is 607 g/mol. The van der Waals surface area contributed by atoms with Gasteiger partial charge in [-0.05, 0) is 91.4 Å². The van der Waals surface area contributed by atoms with Crippen molar-refractivity contribution in [3.63, 3.8) is 0 Å². The fourth-order valence-corrected chi connectivity index (χ4v) is 7.44. The second-order valence-electron chi connectivity index (χ2n) is 12.5. The number of phenolic OH excluding ortho intramolecular Hbond substituents is 1.